The molecular weight excluding hydrogens is 284 g/mol. The van der Waals surface area contributed by atoms with E-state index in [4.69, 9.17) is 0 Å². The number of carbonyl (C=O) groups excluding carboxylic acids is 1. The van der Waals surface area contributed by atoms with Crippen molar-refractivity contribution in [2.24, 2.45) is 5.92 Å². The molecule has 0 fully saturated rings. The molecule has 2 N–H and O–H groups in total. The summed E-state index contributed by atoms with van der Waals surface area (Å²) in [5.41, 5.74) is 7.24. The van der Waals surface area contributed by atoms with Gasteiger partial charge in [0.05, 0.1) is 6.04 Å². The third-order valence-corrected chi connectivity index (χ3v) is 3.42. The van der Waals surface area contributed by atoms with Crippen molar-refractivity contribution in [3.63, 3.8) is 0 Å². The molecule has 3 heteroatoms. The first kappa shape index (κ1) is 16.5. The lowest BCUT2D eigenvalue weighted by Gasteiger charge is -2.18. The lowest BCUT2D eigenvalue weighted by Crippen LogP contribution is -2.46. The Labute approximate surface area is 137 Å². The number of hydrogen-bond donors (Lipinski definition) is 2. The number of amides is 1. The Morgan fingerprint density at radius 3 is 2.30 bits per heavy atom. The van der Waals surface area contributed by atoms with Crippen molar-refractivity contribution in [2.45, 2.75) is 13.0 Å². The highest BCUT2D eigenvalue weighted by Gasteiger charge is 2.13. The van der Waals surface area contributed by atoms with Crippen molar-refractivity contribution < 1.29 is 4.79 Å². The van der Waals surface area contributed by atoms with Gasteiger partial charge >= 0.3 is 0 Å². The van der Waals surface area contributed by atoms with Gasteiger partial charge in [0, 0.05) is 17.0 Å². The van der Waals surface area contributed by atoms with Crippen molar-refractivity contribution in [3.05, 3.63) is 84.4 Å². The van der Waals surface area contributed by atoms with E-state index in [-0.39, 0.29) is 17.9 Å². The fourth-order valence-electron chi connectivity index (χ4n) is 1.92. The summed E-state index contributed by atoms with van der Waals surface area (Å²) in [7, 11) is 0. The van der Waals surface area contributed by atoms with E-state index in [1.807, 2.05) is 61.5 Å². The van der Waals surface area contributed by atoms with Crippen LogP contribution in [0.2, 0.25) is 0 Å². The van der Waals surface area contributed by atoms with Crippen LogP contribution in [0.4, 0.5) is 0 Å². The van der Waals surface area contributed by atoms with E-state index in [0.29, 0.717) is 5.56 Å². The second kappa shape index (κ2) is 8.57. The minimum atomic E-state index is -0.222. The van der Waals surface area contributed by atoms with Gasteiger partial charge in [0.2, 0.25) is 0 Å². The van der Waals surface area contributed by atoms with E-state index >= 15 is 0 Å². The first-order chi connectivity index (χ1) is 11.2. The average Bonchev–Trinajstić information content (AvgIpc) is 2.62. The standard InChI is InChI=1S/C20H20N2O/c1-3-16(2)19(15-14-17-10-6-4-7-11-17)21-22-20(23)18-12-8-5-9-13-18/h3-13,16,19,21H,1H2,2H3,(H,22,23)/t16-,19+/m0/s1. The summed E-state index contributed by atoms with van der Waals surface area (Å²) in [6.07, 6.45) is 1.81. The molecule has 0 bridgehead atoms. The molecule has 0 aliphatic heterocycles. The van der Waals surface area contributed by atoms with Gasteiger partial charge in [0.1, 0.15) is 0 Å². The summed E-state index contributed by atoms with van der Waals surface area (Å²) in [6, 6.07) is 18.6. The van der Waals surface area contributed by atoms with Gasteiger partial charge in [-0.15, -0.1) is 6.58 Å². The maximum absolute atomic E-state index is 12.1. The first-order valence-electron chi connectivity index (χ1n) is 7.51. The summed E-state index contributed by atoms with van der Waals surface area (Å²) in [4.78, 5) is 12.1. The van der Waals surface area contributed by atoms with Crippen LogP contribution in [0.5, 0.6) is 0 Å². The molecular formula is C20H20N2O. The molecule has 2 rings (SSSR count). The molecule has 2 aromatic rings. The zero-order chi connectivity index (χ0) is 16.5. The summed E-state index contributed by atoms with van der Waals surface area (Å²) in [5.74, 6) is 6.16. The van der Waals surface area contributed by atoms with E-state index in [2.05, 4.69) is 29.3 Å². The van der Waals surface area contributed by atoms with E-state index in [1.54, 1.807) is 12.1 Å². The predicted octanol–water partition coefficient (Wildman–Crippen LogP) is 3.16. The Balaban J connectivity index is 2.04. The van der Waals surface area contributed by atoms with Crippen molar-refractivity contribution >= 4 is 5.91 Å². The highest BCUT2D eigenvalue weighted by molar-refractivity contribution is 5.93. The lowest BCUT2D eigenvalue weighted by molar-refractivity contribution is 0.0927. The minimum absolute atomic E-state index is 0.0854. The number of rotatable bonds is 5. The van der Waals surface area contributed by atoms with Crippen LogP contribution in [0, 0.1) is 17.8 Å². The van der Waals surface area contributed by atoms with Crippen LogP contribution in [0.25, 0.3) is 0 Å². The van der Waals surface area contributed by atoms with Crippen LogP contribution >= 0.6 is 0 Å². The minimum Gasteiger partial charge on any atom is -0.286 e. The zero-order valence-electron chi connectivity index (χ0n) is 13.1. The Morgan fingerprint density at radius 2 is 1.70 bits per heavy atom. The third kappa shape index (κ3) is 5.14. The molecule has 2 atom stereocenters. The molecule has 2 aromatic carbocycles. The quantitative estimate of drug-likeness (QED) is 0.506. The molecule has 0 heterocycles. The highest BCUT2D eigenvalue weighted by atomic mass is 16.2. The molecule has 3 nitrogen and oxygen atoms in total. The predicted molar refractivity (Wildman–Crippen MR) is 93.5 cm³/mol. The van der Waals surface area contributed by atoms with Crippen LogP contribution in [-0.4, -0.2) is 11.9 Å². The van der Waals surface area contributed by atoms with Gasteiger partial charge in [-0.3, -0.25) is 10.2 Å². The molecule has 116 valence electrons. The van der Waals surface area contributed by atoms with Crippen LogP contribution in [0.15, 0.2) is 73.3 Å². The van der Waals surface area contributed by atoms with Crippen molar-refractivity contribution in [1.29, 1.82) is 0 Å². The van der Waals surface area contributed by atoms with Crippen molar-refractivity contribution in [3.8, 4) is 11.8 Å². The average molecular weight is 304 g/mol. The number of carbonyl (C=O) groups is 1. The monoisotopic (exact) mass is 304 g/mol. The van der Waals surface area contributed by atoms with E-state index in [0.717, 1.165) is 5.56 Å². The summed E-state index contributed by atoms with van der Waals surface area (Å²) >= 11 is 0. The summed E-state index contributed by atoms with van der Waals surface area (Å²) in [6.45, 7) is 5.80. The smallest absolute Gasteiger partial charge is 0.265 e. The number of hydrogen-bond acceptors (Lipinski definition) is 2. The Morgan fingerprint density at radius 1 is 1.09 bits per heavy atom. The molecule has 0 aliphatic carbocycles. The summed E-state index contributed by atoms with van der Waals surface area (Å²) < 4.78 is 0. The molecule has 0 spiro atoms. The van der Waals surface area contributed by atoms with Gasteiger partial charge in [0.25, 0.3) is 5.91 Å². The molecule has 23 heavy (non-hydrogen) atoms. The number of benzene rings is 2. The first-order valence-corrected chi connectivity index (χ1v) is 7.51. The molecule has 0 saturated carbocycles. The largest absolute Gasteiger partial charge is 0.286 e. The van der Waals surface area contributed by atoms with Crippen LogP contribution in [0.3, 0.4) is 0 Å². The van der Waals surface area contributed by atoms with Gasteiger partial charge in [-0.2, -0.15) is 0 Å². The second-order valence-electron chi connectivity index (χ2n) is 5.17. The van der Waals surface area contributed by atoms with Crippen LogP contribution in [-0.2, 0) is 0 Å². The van der Waals surface area contributed by atoms with Gasteiger partial charge in [-0.1, -0.05) is 61.2 Å². The normalized spacial score (nSPS) is 12.4. The van der Waals surface area contributed by atoms with E-state index in [9.17, 15) is 4.79 Å². The molecule has 0 aliphatic rings. The van der Waals surface area contributed by atoms with Crippen LogP contribution < -0.4 is 10.9 Å². The Bertz CT molecular complexity index is 699. The fourth-order valence-corrected chi connectivity index (χ4v) is 1.92. The van der Waals surface area contributed by atoms with Gasteiger partial charge in [-0.25, -0.2) is 5.43 Å². The van der Waals surface area contributed by atoms with Gasteiger partial charge in [0.15, 0.2) is 0 Å². The molecule has 0 aromatic heterocycles. The fraction of sp³-hybridized carbons (Fsp3) is 0.150. The Kier molecular flexibility index (Phi) is 6.17. The van der Waals surface area contributed by atoms with E-state index in [1.165, 1.54) is 0 Å². The zero-order valence-corrected chi connectivity index (χ0v) is 13.1. The van der Waals surface area contributed by atoms with E-state index < -0.39 is 0 Å². The highest BCUT2D eigenvalue weighted by Crippen LogP contribution is 2.04. The topological polar surface area (TPSA) is 41.1 Å². The number of hydrazine groups is 1. The molecule has 0 saturated heterocycles. The van der Waals surface area contributed by atoms with Crippen molar-refractivity contribution in [2.75, 3.05) is 0 Å². The Hall–Kier alpha value is -2.83. The summed E-state index contributed by atoms with van der Waals surface area (Å²) in [5, 5.41) is 0. The SMILES string of the molecule is C=C[C@H](C)[C@@H](C#Cc1ccccc1)NNC(=O)c1ccccc1. The maximum Gasteiger partial charge on any atom is 0.265 e. The molecule has 1 amide bonds. The number of nitrogens with one attached hydrogen (secondary N) is 2. The lowest BCUT2D eigenvalue weighted by atomic mass is 10.0. The molecule has 0 unspecified atom stereocenters. The third-order valence-electron chi connectivity index (χ3n) is 3.42. The van der Waals surface area contributed by atoms with Gasteiger partial charge in [-0.05, 0) is 24.3 Å². The second-order valence-corrected chi connectivity index (χ2v) is 5.17. The van der Waals surface area contributed by atoms with Crippen LogP contribution in [0.1, 0.15) is 22.8 Å². The van der Waals surface area contributed by atoms with Crippen molar-refractivity contribution in [1.82, 2.24) is 10.9 Å². The maximum atomic E-state index is 12.1. The molecule has 0 radical (unpaired) electrons. The van der Waals surface area contributed by atoms with Gasteiger partial charge < -0.3 is 0 Å².